The molecule has 4 aromatic rings. The lowest BCUT2D eigenvalue weighted by molar-refractivity contribution is -0.113. The molecular formula is C18H12BrClN6OS2. The maximum absolute atomic E-state index is 12.3. The third kappa shape index (κ3) is 5.02. The van der Waals surface area contributed by atoms with Gasteiger partial charge >= 0.3 is 0 Å². The SMILES string of the molecule is O=C(CSc1nnnn1-c1ccc(Br)cc1)Nc1nc(-c2ccc(Cl)cc2)cs1. The average molecular weight is 508 g/mol. The van der Waals surface area contributed by atoms with E-state index < -0.39 is 0 Å². The summed E-state index contributed by atoms with van der Waals surface area (Å²) >= 11 is 11.9. The quantitative estimate of drug-likeness (QED) is 0.372. The van der Waals surface area contributed by atoms with Crippen LogP contribution in [0.1, 0.15) is 0 Å². The fourth-order valence-electron chi connectivity index (χ4n) is 2.38. The third-order valence-electron chi connectivity index (χ3n) is 3.73. The maximum atomic E-state index is 12.3. The number of hydrogen-bond donors (Lipinski definition) is 1. The Morgan fingerprint density at radius 1 is 1.17 bits per heavy atom. The van der Waals surface area contributed by atoms with Crippen LogP contribution in [0.5, 0.6) is 0 Å². The second-order valence-corrected chi connectivity index (χ2v) is 8.88. The van der Waals surface area contributed by atoms with Gasteiger partial charge in [0.1, 0.15) is 0 Å². The van der Waals surface area contributed by atoms with Gasteiger partial charge < -0.3 is 5.32 Å². The van der Waals surface area contributed by atoms with E-state index in [2.05, 4.69) is 41.8 Å². The van der Waals surface area contributed by atoms with Gasteiger partial charge in [-0.2, -0.15) is 4.68 Å². The minimum atomic E-state index is -0.183. The number of aromatic nitrogens is 5. The van der Waals surface area contributed by atoms with Crippen molar-refractivity contribution >= 4 is 61.7 Å². The molecule has 2 aromatic carbocycles. The van der Waals surface area contributed by atoms with Gasteiger partial charge in [-0.3, -0.25) is 4.79 Å². The first-order valence-corrected chi connectivity index (χ1v) is 11.3. The van der Waals surface area contributed by atoms with Crippen molar-refractivity contribution in [1.82, 2.24) is 25.2 Å². The summed E-state index contributed by atoms with van der Waals surface area (Å²) in [5.74, 6) is -0.0235. The first-order valence-electron chi connectivity index (χ1n) is 8.27. The van der Waals surface area contributed by atoms with Gasteiger partial charge in [-0.05, 0) is 46.8 Å². The smallest absolute Gasteiger partial charge is 0.236 e. The molecule has 2 aromatic heterocycles. The number of rotatable bonds is 6. The van der Waals surface area contributed by atoms with Crippen molar-refractivity contribution in [2.24, 2.45) is 0 Å². The number of carbonyl (C=O) groups excluding carboxylic acids is 1. The third-order valence-corrected chi connectivity index (χ3v) is 6.19. The van der Waals surface area contributed by atoms with Gasteiger partial charge in [0, 0.05) is 20.4 Å². The summed E-state index contributed by atoms with van der Waals surface area (Å²) in [5, 5.41) is 18.1. The molecule has 4 rings (SSSR count). The Bertz CT molecular complexity index is 1130. The highest BCUT2D eigenvalue weighted by molar-refractivity contribution is 9.10. The number of benzene rings is 2. The van der Waals surface area contributed by atoms with E-state index in [0.29, 0.717) is 15.3 Å². The summed E-state index contributed by atoms with van der Waals surface area (Å²) in [6, 6.07) is 15.0. The molecule has 0 aliphatic rings. The van der Waals surface area contributed by atoms with Crippen LogP contribution < -0.4 is 5.32 Å². The number of hydrogen-bond acceptors (Lipinski definition) is 7. The van der Waals surface area contributed by atoms with E-state index in [0.717, 1.165) is 21.4 Å². The zero-order valence-electron chi connectivity index (χ0n) is 14.6. The van der Waals surface area contributed by atoms with Crippen molar-refractivity contribution in [2.45, 2.75) is 5.16 Å². The summed E-state index contributed by atoms with van der Waals surface area (Å²) in [5.41, 5.74) is 2.54. The van der Waals surface area contributed by atoms with Crippen molar-refractivity contribution in [3.8, 4) is 16.9 Å². The first-order chi connectivity index (χ1) is 14.1. The number of amides is 1. The lowest BCUT2D eigenvalue weighted by atomic mass is 10.2. The minimum absolute atomic E-state index is 0.159. The van der Waals surface area contributed by atoms with Gasteiger partial charge in [0.25, 0.3) is 0 Å². The van der Waals surface area contributed by atoms with Crippen LogP contribution in [-0.4, -0.2) is 36.9 Å². The second kappa shape index (κ2) is 9.04. The van der Waals surface area contributed by atoms with Crippen molar-refractivity contribution in [3.05, 3.63) is 63.4 Å². The number of carbonyl (C=O) groups is 1. The molecule has 1 N–H and O–H groups in total. The van der Waals surface area contributed by atoms with Crippen molar-refractivity contribution in [1.29, 1.82) is 0 Å². The number of nitrogens with one attached hydrogen (secondary N) is 1. The highest BCUT2D eigenvalue weighted by atomic mass is 79.9. The van der Waals surface area contributed by atoms with Crippen LogP contribution in [0.3, 0.4) is 0 Å². The fourth-order valence-corrected chi connectivity index (χ4v) is 4.20. The number of tetrazole rings is 1. The van der Waals surface area contributed by atoms with E-state index in [1.165, 1.54) is 23.1 Å². The lowest BCUT2D eigenvalue weighted by Gasteiger charge is -2.04. The largest absolute Gasteiger partial charge is 0.301 e. The summed E-state index contributed by atoms with van der Waals surface area (Å²) in [6.07, 6.45) is 0. The van der Waals surface area contributed by atoms with Crippen LogP contribution in [0.25, 0.3) is 16.9 Å². The molecule has 0 radical (unpaired) electrons. The molecule has 0 fully saturated rings. The highest BCUT2D eigenvalue weighted by Crippen LogP contribution is 2.26. The Kier molecular flexibility index (Phi) is 6.24. The van der Waals surface area contributed by atoms with Crippen LogP contribution in [0.2, 0.25) is 5.02 Å². The maximum Gasteiger partial charge on any atom is 0.236 e. The molecule has 0 saturated carbocycles. The summed E-state index contributed by atoms with van der Waals surface area (Å²) < 4.78 is 2.55. The molecule has 0 spiro atoms. The van der Waals surface area contributed by atoms with E-state index in [4.69, 9.17) is 11.6 Å². The summed E-state index contributed by atoms with van der Waals surface area (Å²) in [7, 11) is 0. The topological polar surface area (TPSA) is 85.6 Å². The Morgan fingerprint density at radius 3 is 2.69 bits per heavy atom. The zero-order chi connectivity index (χ0) is 20.2. The molecule has 0 unspecified atom stereocenters. The van der Waals surface area contributed by atoms with Crippen molar-refractivity contribution < 1.29 is 4.79 Å². The monoisotopic (exact) mass is 506 g/mol. The van der Waals surface area contributed by atoms with E-state index in [1.54, 1.807) is 16.8 Å². The number of halogens is 2. The molecule has 7 nitrogen and oxygen atoms in total. The predicted octanol–water partition coefficient (Wildman–Crippen LogP) is 4.93. The Hall–Kier alpha value is -2.27. The van der Waals surface area contributed by atoms with E-state index in [1.807, 2.05) is 41.8 Å². The van der Waals surface area contributed by atoms with Crippen LogP contribution in [0, 0.1) is 0 Å². The van der Waals surface area contributed by atoms with E-state index in [9.17, 15) is 4.79 Å². The van der Waals surface area contributed by atoms with Crippen LogP contribution in [0.15, 0.2) is 63.5 Å². The van der Waals surface area contributed by atoms with E-state index >= 15 is 0 Å². The molecule has 2 heterocycles. The fraction of sp³-hybridized carbons (Fsp3) is 0.0556. The Balaban J connectivity index is 1.37. The van der Waals surface area contributed by atoms with Gasteiger partial charge in [-0.15, -0.1) is 16.4 Å². The van der Waals surface area contributed by atoms with E-state index in [-0.39, 0.29) is 11.7 Å². The predicted molar refractivity (Wildman–Crippen MR) is 119 cm³/mol. The highest BCUT2D eigenvalue weighted by Gasteiger charge is 2.13. The van der Waals surface area contributed by atoms with Gasteiger partial charge in [-0.25, -0.2) is 4.98 Å². The Morgan fingerprint density at radius 2 is 1.93 bits per heavy atom. The van der Waals surface area contributed by atoms with Gasteiger partial charge in [-0.1, -0.05) is 51.4 Å². The molecule has 0 aliphatic carbocycles. The second-order valence-electron chi connectivity index (χ2n) is 5.73. The lowest BCUT2D eigenvalue weighted by Crippen LogP contribution is -2.14. The molecule has 146 valence electrons. The van der Waals surface area contributed by atoms with Crippen LogP contribution >= 0.6 is 50.6 Å². The van der Waals surface area contributed by atoms with Crippen molar-refractivity contribution in [2.75, 3.05) is 11.1 Å². The molecule has 0 bridgehead atoms. The molecule has 29 heavy (non-hydrogen) atoms. The zero-order valence-corrected chi connectivity index (χ0v) is 18.6. The van der Waals surface area contributed by atoms with Gasteiger partial charge in [0.15, 0.2) is 5.13 Å². The van der Waals surface area contributed by atoms with Crippen molar-refractivity contribution in [3.63, 3.8) is 0 Å². The first kappa shape index (κ1) is 20.0. The average Bonchev–Trinajstić information content (AvgIpc) is 3.37. The number of anilines is 1. The van der Waals surface area contributed by atoms with Crippen LogP contribution in [-0.2, 0) is 4.79 Å². The summed E-state index contributed by atoms with van der Waals surface area (Å²) in [6.45, 7) is 0. The number of nitrogens with zero attached hydrogens (tertiary/aromatic N) is 5. The molecule has 0 saturated heterocycles. The molecular weight excluding hydrogens is 496 g/mol. The Labute approximate surface area is 187 Å². The number of thioether (sulfide) groups is 1. The molecule has 0 aliphatic heterocycles. The van der Waals surface area contributed by atoms with Gasteiger partial charge in [0.05, 0.1) is 17.1 Å². The summed E-state index contributed by atoms with van der Waals surface area (Å²) in [4.78, 5) is 16.8. The molecule has 0 atom stereocenters. The standard InChI is InChI=1S/C18H12BrClN6OS2/c19-12-3-7-14(8-4-12)26-18(23-24-25-26)29-10-16(27)22-17-21-15(9-28-17)11-1-5-13(20)6-2-11/h1-9H,10H2,(H,21,22,27). The van der Waals surface area contributed by atoms with Gasteiger partial charge in [0.2, 0.25) is 11.1 Å². The molecule has 11 heteroatoms. The molecule has 1 amide bonds. The van der Waals surface area contributed by atoms with Crippen LogP contribution in [0.4, 0.5) is 5.13 Å². The normalized spacial score (nSPS) is 10.8. The minimum Gasteiger partial charge on any atom is -0.301 e. The number of thiazole rings is 1.